The predicted molar refractivity (Wildman–Crippen MR) is 61.4 cm³/mol. The maximum Gasteiger partial charge on any atom is 0.340 e. The van der Waals surface area contributed by atoms with Crippen LogP contribution in [-0.4, -0.2) is 24.2 Å². The third-order valence-corrected chi connectivity index (χ3v) is 2.49. The van der Waals surface area contributed by atoms with E-state index in [2.05, 4.69) is 0 Å². The Balaban J connectivity index is 2.01. The topological polar surface area (TPSA) is 44.8 Å². The Hall–Kier alpha value is -1.39. The fraction of sp³-hybridized carbons (Fsp3) is 0.462. The summed E-state index contributed by atoms with van der Waals surface area (Å²) in [5, 5.41) is 0. The summed E-state index contributed by atoms with van der Waals surface area (Å²) in [4.78, 5) is 11.8. The maximum atomic E-state index is 11.8. The van der Waals surface area contributed by atoms with E-state index in [4.69, 9.17) is 14.2 Å². The van der Waals surface area contributed by atoms with Crippen LogP contribution in [0.2, 0.25) is 0 Å². The largest absolute Gasteiger partial charge is 0.429 e. The van der Waals surface area contributed by atoms with Crippen LogP contribution in [-0.2, 0) is 14.2 Å². The van der Waals surface area contributed by atoms with E-state index in [9.17, 15) is 4.79 Å². The van der Waals surface area contributed by atoms with Crippen molar-refractivity contribution in [2.24, 2.45) is 0 Å². The zero-order valence-electron chi connectivity index (χ0n) is 10.2. The van der Waals surface area contributed by atoms with E-state index in [1.807, 2.05) is 13.0 Å². The van der Waals surface area contributed by atoms with Gasteiger partial charge in [0.15, 0.2) is 5.79 Å². The lowest BCUT2D eigenvalue weighted by molar-refractivity contribution is -0.175. The van der Waals surface area contributed by atoms with Crippen LogP contribution in [0.15, 0.2) is 30.3 Å². The van der Waals surface area contributed by atoms with Gasteiger partial charge in [-0.15, -0.1) is 0 Å². The van der Waals surface area contributed by atoms with Crippen LogP contribution in [0, 0.1) is 0 Å². The Morgan fingerprint density at radius 2 is 1.88 bits per heavy atom. The normalized spacial score (nSPS) is 26.8. The average Bonchev–Trinajstić information content (AvgIpc) is 2.53. The number of carbonyl (C=O) groups is 1. The standard InChI is InChI=1S/C13H16O4/c1-9-12(17-13(2,3)16-9)15-11(14)10-7-5-4-6-8-10/h4-9,12H,1-3H3. The van der Waals surface area contributed by atoms with Crippen molar-refractivity contribution in [2.75, 3.05) is 0 Å². The van der Waals surface area contributed by atoms with Gasteiger partial charge in [0.25, 0.3) is 0 Å². The number of hydrogen-bond acceptors (Lipinski definition) is 4. The van der Waals surface area contributed by atoms with Gasteiger partial charge in [0.1, 0.15) is 6.10 Å². The van der Waals surface area contributed by atoms with Gasteiger partial charge in [0.2, 0.25) is 6.29 Å². The molecular weight excluding hydrogens is 220 g/mol. The molecule has 1 saturated heterocycles. The van der Waals surface area contributed by atoms with Crippen molar-refractivity contribution in [3.8, 4) is 0 Å². The highest BCUT2D eigenvalue weighted by atomic mass is 16.8. The van der Waals surface area contributed by atoms with Gasteiger partial charge in [0.05, 0.1) is 5.56 Å². The second-order valence-corrected chi connectivity index (χ2v) is 4.48. The Morgan fingerprint density at radius 1 is 1.24 bits per heavy atom. The van der Waals surface area contributed by atoms with Crippen molar-refractivity contribution < 1.29 is 19.0 Å². The summed E-state index contributed by atoms with van der Waals surface area (Å²) >= 11 is 0. The van der Waals surface area contributed by atoms with Crippen molar-refractivity contribution in [3.05, 3.63) is 35.9 Å². The van der Waals surface area contributed by atoms with Crippen LogP contribution in [0.4, 0.5) is 0 Å². The van der Waals surface area contributed by atoms with Crippen LogP contribution >= 0.6 is 0 Å². The van der Waals surface area contributed by atoms with Crippen molar-refractivity contribution in [1.82, 2.24) is 0 Å². The van der Waals surface area contributed by atoms with Crippen LogP contribution in [0.1, 0.15) is 31.1 Å². The first-order chi connectivity index (χ1) is 7.98. The van der Waals surface area contributed by atoms with E-state index in [1.54, 1.807) is 38.1 Å². The number of carbonyl (C=O) groups excluding carboxylic acids is 1. The fourth-order valence-corrected chi connectivity index (χ4v) is 1.77. The second-order valence-electron chi connectivity index (χ2n) is 4.48. The third-order valence-electron chi connectivity index (χ3n) is 2.49. The summed E-state index contributed by atoms with van der Waals surface area (Å²) in [6.07, 6.45) is -0.921. The first-order valence-corrected chi connectivity index (χ1v) is 5.59. The van der Waals surface area contributed by atoms with Gasteiger partial charge in [-0.05, 0) is 32.9 Å². The predicted octanol–water partition coefficient (Wildman–Crippen LogP) is 2.34. The molecule has 4 nitrogen and oxygen atoms in total. The Labute approximate surface area is 100 Å². The lowest BCUT2D eigenvalue weighted by atomic mass is 10.2. The molecule has 2 unspecified atom stereocenters. The van der Waals surface area contributed by atoms with E-state index in [-0.39, 0.29) is 6.10 Å². The summed E-state index contributed by atoms with van der Waals surface area (Å²) in [6, 6.07) is 8.82. The van der Waals surface area contributed by atoms with Crippen LogP contribution in [0.3, 0.4) is 0 Å². The summed E-state index contributed by atoms with van der Waals surface area (Å²) in [7, 11) is 0. The second kappa shape index (κ2) is 4.47. The monoisotopic (exact) mass is 236 g/mol. The van der Waals surface area contributed by atoms with Crippen molar-refractivity contribution in [2.45, 2.75) is 39.0 Å². The van der Waals surface area contributed by atoms with Gasteiger partial charge in [-0.3, -0.25) is 0 Å². The number of rotatable bonds is 2. The van der Waals surface area contributed by atoms with Gasteiger partial charge < -0.3 is 14.2 Å². The van der Waals surface area contributed by atoms with Crippen molar-refractivity contribution in [1.29, 1.82) is 0 Å². The van der Waals surface area contributed by atoms with Crippen molar-refractivity contribution in [3.63, 3.8) is 0 Å². The number of esters is 1. The first kappa shape index (κ1) is 12.1. The molecule has 1 aromatic rings. The summed E-state index contributed by atoms with van der Waals surface area (Å²) in [5.41, 5.74) is 0.507. The molecule has 1 aromatic carbocycles. The zero-order chi connectivity index (χ0) is 12.5. The SMILES string of the molecule is CC1OC(C)(C)OC1OC(=O)c1ccccc1. The molecule has 0 radical (unpaired) electrons. The van der Waals surface area contributed by atoms with E-state index in [1.165, 1.54) is 0 Å². The van der Waals surface area contributed by atoms with Gasteiger partial charge >= 0.3 is 5.97 Å². The lowest BCUT2D eigenvalue weighted by Crippen LogP contribution is -2.26. The molecule has 0 spiro atoms. The molecule has 1 fully saturated rings. The minimum Gasteiger partial charge on any atom is -0.429 e. The molecular formula is C13H16O4. The molecule has 0 saturated carbocycles. The molecule has 0 N–H and O–H groups in total. The summed E-state index contributed by atoms with van der Waals surface area (Å²) in [6.45, 7) is 5.40. The summed E-state index contributed by atoms with van der Waals surface area (Å²) < 4.78 is 16.2. The fourth-order valence-electron chi connectivity index (χ4n) is 1.77. The van der Waals surface area contributed by atoms with Gasteiger partial charge in [-0.1, -0.05) is 18.2 Å². The van der Waals surface area contributed by atoms with Gasteiger partial charge in [-0.2, -0.15) is 0 Å². The Kier molecular flexibility index (Phi) is 3.17. The third kappa shape index (κ3) is 2.84. The molecule has 17 heavy (non-hydrogen) atoms. The van der Waals surface area contributed by atoms with Crippen LogP contribution < -0.4 is 0 Å². The van der Waals surface area contributed by atoms with Crippen LogP contribution in [0.25, 0.3) is 0 Å². The highest BCUT2D eigenvalue weighted by Crippen LogP contribution is 2.28. The first-order valence-electron chi connectivity index (χ1n) is 5.59. The number of benzene rings is 1. The van der Waals surface area contributed by atoms with Crippen LogP contribution in [0.5, 0.6) is 0 Å². The zero-order valence-corrected chi connectivity index (χ0v) is 10.2. The minimum atomic E-state index is -0.707. The molecule has 0 bridgehead atoms. The highest BCUT2D eigenvalue weighted by molar-refractivity contribution is 5.89. The minimum absolute atomic E-state index is 0.266. The van der Waals surface area contributed by atoms with E-state index >= 15 is 0 Å². The molecule has 92 valence electrons. The molecule has 2 rings (SSSR count). The molecule has 0 aliphatic carbocycles. The Morgan fingerprint density at radius 3 is 2.41 bits per heavy atom. The van der Waals surface area contributed by atoms with E-state index in [0.29, 0.717) is 5.56 Å². The quantitative estimate of drug-likeness (QED) is 0.739. The maximum absolute atomic E-state index is 11.8. The van der Waals surface area contributed by atoms with Crippen molar-refractivity contribution >= 4 is 5.97 Å². The van der Waals surface area contributed by atoms with E-state index < -0.39 is 18.0 Å². The molecule has 1 heterocycles. The molecule has 1 aliphatic rings. The number of hydrogen-bond donors (Lipinski definition) is 0. The van der Waals surface area contributed by atoms with E-state index in [0.717, 1.165) is 0 Å². The van der Waals surface area contributed by atoms with Gasteiger partial charge in [-0.25, -0.2) is 4.79 Å². The average molecular weight is 236 g/mol. The smallest absolute Gasteiger partial charge is 0.340 e. The lowest BCUT2D eigenvalue weighted by Gasteiger charge is -2.16. The Bertz CT molecular complexity index is 399. The molecule has 2 atom stereocenters. The molecule has 1 aliphatic heterocycles. The van der Waals surface area contributed by atoms with Gasteiger partial charge in [0, 0.05) is 0 Å². The molecule has 0 amide bonds. The molecule has 4 heteroatoms. The molecule has 0 aromatic heterocycles. The number of ether oxygens (including phenoxy) is 3. The highest BCUT2D eigenvalue weighted by Gasteiger charge is 2.41. The summed E-state index contributed by atoms with van der Waals surface area (Å²) in [5.74, 6) is -1.11.